The average Bonchev–Trinajstić information content (AvgIpc) is 2.49. The maximum atomic E-state index is 12.4. The summed E-state index contributed by atoms with van der Waals surface area (Å²) in [5.74, 6) is 0.228. The van der Waals surface area contributed by atoms with Gasteiger partial charge in [0.25, 0.3) is 0 Å². The summed E-state index contributed by atoms with van der Waals surface area (Å²) in [5, 5.41) is 1.34. The lowest BCUT2D eigenvalue weighted by atomic mass is 10.1. The summed E-state index contributed by atoms with van der Waals surface area (Å²) in [5.41, 5.74) is 0.803. The number of hydrogen-bond donors (Lipinski definition) is 1. The summed E-state index contributed by atoms with van der Waals surface area (Å²) in [4.78, 5) is -0.00490. The van der Waals surface area contributed by atoms with Crippen molar-refractivity contribution < 1.29 is 13.2 Å². The minimum absolute atomic E-state index is 0.00490. The number of halogens is 3. The third-order valence-electron chi connectivity index (χ3n) is 3.12. The van der Waals surface area contributed by atoms with E-state index in [-0.39, 0.29) is 17.2 Å². The monoisotopic (exact) mass is 393 g/mol. The van der Waals surface area contributed by atoms with Crippen LogP contribution in [0.15, 0.2) is 41.3 Å². The number of hydrogen-bond acceptors (Lipinski definition) is 3. The molecule has 124 valence electrons. The zero-order valence-corrected chi connectivity index (χ0v) is 15.2. The van der Waals surface area contributed by atoms with Gasteiger partial charge in [0, 0.05) is 21.6 Å². The fourth-order valence-corrected chi connectivity index (χ4v) is 3.95. The molecule has 8 heteroatoms. The zero-order chi connectivity index (χ0) is 17.0. The van der Waals surface area contributed by atoms with Gasteiger partial charge >= 0.3 is 0 Å². The molecule has 0 spiro atoms. The van der Waals surface area contributed by atoms with E-state index >= 15 is 0 Å². The normalized spacial score (nSPS) is 11.5. The van der Waals surface area contributed by atoms with Crippen LogP contribution in [0, 0.1) is 0 Å². The van der Waals surface area contributed by atoms with Gasteiger partial charge in [0.15, 0.2) is 0 Å². The third kappa shape index (κ3) is 4.75. The highest BCUT2D eigenvalue weighted by Gasteiger charge is 2.19. The quantitative estimate of drug-likeness (QED) is 0.800. The van der Waals surface area contributed by atoms with Crippen LogP contribution in [0.25, 0.3) is 0 Å². The van der Waals surface area contributed by atoms with Crippen molar-refractivity contribution in [2.75, 3.05) is 13.7 Å². The molecule has 0 saturated carbocycles. The predicted molar refractivity (Wildman–Crippen MR) is 93.4 cm³/mol. The van der Waals surface area contributed by atoms with Gasteiger partial charge in [0.2, 0.25) is 10.0 Å². The Morgan fingerprint density at radius 3 is 2.35 bits per heavy atom. The Hall–Kier alpha value is -0.980. The van der Waals surface area contributed by atoms with Crippen molar-refractivity contribution in [2.45, 2.75) is 11.3 Å². The standard InChI is InChI=1S/C15H14Cl3NO3S/c1-22-14-5-4-12(17)9-15(14)23(20,21)19-7-6-10-2-3-11(16)8-13(10)18/h2-5,8-9,19H,6-7H2,1H3. The van der Waals surface area contributed by atoms with Crippen LogP contribution in [-0.2, 0) is 16.4 Å². The first-order chi connectivity index (χ1) is 10.8. The number of rotatable bonds is 6. The molecule has 0 amide bonds. The Balaban J connectivity index is 2.12. The highest BCUT2D eigenvalue weighted by Crippen LogP contribution is 2.27. The van der Waals surface area contributed by atoms with Gasteiger partial charge in [-0.3, -0.25) is 0 Å². The van der Waals surface area contributed by atoms with Crippen LogP contribution in [0.5, 0.6) is 5.75 Å². The molecule has 0 aliphatic carbocycles. The minimum atomic E-state index is -3.75. The highest BCUT2D eigenvalue weighted by atomic mass is 35.5. The van der Waals surface area contributed by atoms with E-state index in [2.05, 4.69) is 4.72 Å². The van der Waals surface area contributed by atoms with Gasteiger partial charge in [-0.05, 0) is 42.3 Å². The molecule has 4 nitrogen and oxygen atoms in total. The predicted octanol–water partition coefficient (Wildman–Crippen LogP) is 4.18. The van der Waals surface area contributed by atoms with Gasteiger partial charge in [-0.15, -0.1) is 0 Å². The second-order valence-corrected chi connectivity index (χ2v) is 7.69. The van der Waals surface area contributed by atoms with Crippen molar-refractivity contribution >= 4 is 44.8 Å². The second-order valence-electron chi connectivity index (χ2n) is 4.68. The maximum Gasteiger partial charge on any atom is 0.244 e. The van der Waals surface area contributed by atoms with Crippen LogP contribution in [-0.4, -0.2) is 22.1 Å². The molecular formula is C15H14Cl3NO3S. The van der Waals surface area contributed by atoms with E-state index in [4.69, 9.17) is 39.5 Å². The molecule has 2 aromatic rings. The van der Waals surface area contributed by atoms with Gasteiger partial charge in [-0.1, -0.05) is 40.9 Å². The molecular weight excluding hydrogens is 381 g/mol. The van der Waals surface area contributed by atoms with Crippen LogP contribution in [0.1, 0.15) is 5.56 Å². The van der Waals surface area contributed by atoms with Crippen molar-refractivity contribution in [3.63, 3.8) is 0 Å². The lowest BCUT2D eigenvalue weighted by Crippen LogP contribution is -2.26. The third-order valence-corrected chi connectivity index (χ3v) is 5.42. The SMILES string of the molecule is COc1ccc(Cl)cc1S(=O)(=O)NCCc1ccc(Cl)cc1Cl. The summed E-state index contributed by atoms with van der Waals surface area (Å²) >= 11 is 17.8. The molecule has 0 heterocycles. The first-order valence-corrected chi connectivity index (χ1v) is 9.22. The Labute approximate surface area is 150 Å². The number of sulfonamides is 1. The van der Waals surface area contributed by atoms with Gasteiger partial charge in [-0.25, -0.2) is 13.1 Å². The molecule has 2 aromatic carbocycles. The molecule has 0 fully saturated rings. The molecule has 0 bridgehead atoms. The first kappa shape index (κ1) is 18.4. The molecule has 0 unspecified atom stereocenters. The summed E-state index contributed by atoms with van der Waals surface area (Å²) < 4.78 is 32.4. The molecule has 23 heavy (non-hydrogen) atoms. The number of methoxy groups -OCH3 is 1. The van der Waals surface area contributed by atoms with Crippen LogP contribution in [0.4, 0.5) is 0 Å². The van der Waals surface area contributed by atoms with Crippen LogP contribution in [0.2, 0.25) is 15.1 Å². The second kappa shape index (κ2) is 7.73. The van der Waals surface area contributed by atoms with Crippen LogP contribution >= 0.6 is 34.8 Å². The van der Waals surface area contributed by atoms with Crippen LogP contribution in [0.3, 0.4) is 0 Å². The molecule has 0 aromatic heterocycles. The van der Waals surface area contributed by atoms with E-state index in [9.17, 15) is 8.42 Å². The van der Waals surface area contributed by atoms with E-state index in [1.165, 1.54) is 19.2 Å². The molecule has 0 radical (unpaired) electrons. The molecule has 0 atom stereocenters. The fraction of sp³-hybridized carbons (Fsp3) is 0.200. The molecule has 0 aliphatic heterocycles. The van der Waals surface area contributed by atoms with Crippen molar-refractivity contribution in [1.29, 1.82) is 0 Å². The van der Waals surface area contributed by atoms with E-state index in [1.807, 2.05) is 0 Å². The Morgan fingerprint density at radius 2 is 1.70 bits per heavy atom. The number of benzene rings is 2. The molecule has 1 N–H and O–H groups in total. The molecule has 0 aliphatic rings. The van der Waals surface area contributed by atoms with E-state index in [1.54, 1.807) is 24.3 Å². The Morgan fingerprint density at radius 1 is 1.04 bits per heavy atom. The lowest BCUT2D eigenvalue weighted by molar-refractivity contribution is 0.402. The smallest absolute Gasteiger partial charge is 0.244 e. The summed E-state index contributed by atoms with van der Waals surface area (Å²) in [6.45, 7) is 0.180. The van der Waals surface area contributed by atoms with E-state index in [0.29, 0.717) is 21.5 Å². The number of nitrogens with one attached hydrogen (secondary N) is 1. The van der Waals surface area contributed by atoms with E-state index in [0.717, 1.165) is 5.56 Å². The fourth-order valence-electron chi connectivity index (χ4n) is 1.98. The van der Waals surface area contributed by atoms with Gasteiger partial charge < -0.3 is 4.74 Å². The van der Waals surface area contributed by atoms with Crippen molar-refractivity contribution in [3.8, 4) is 5.75 Å². The van der Waals surface area contributed by atoms with Crippen molar-refractivity contribution in [3.05, 3.63) is 57.0 Å². The maximum absolute atomic E-state index is 12.4. The number of ether oxygens (including phenoxy) is 1. The van der Waals surface area contributed by atoms with Crippen molar-refractivity contribution in [2.24, 2.45) is 0 Å². The topological polar surface area (TPSA) is 55.4 Å². The molecule has 2 rings (SSSR count). The van der Waals surface area contributed by atoms with E-state index < -0.39 is 10.0 Å². The zero-order valence-electron chi connectivity index (χ0n) is 12.1. The Kier molecular flexibility index (Phi) is 6.17. The van der Waals surface area contributed by atoms with Gasteiger partial charge in [0.05, 0.1) is 7.11 Å². The summed E-state index contributed by atoms with van der Waals surface area (Å²) in [6, 6.07) is 9.50. The lowest BCUT2D eigenvalue weighted by Gasteiger charge is -2.11. The van der Waals surface area contributed by atoms with Gasteiger partial charge in [-0.2, -0.15) is 0 Å². The average molecular weight is 395 g/mol. The molecule has 0 saturated heterocycles. The van der Waals surface area contributed by atoms with Gasteiger partial charge in [0.1, 0.15) is 10.6 Å². The first-order valence-electron chi connectivity index (χ1n) is 6.60. The highest BCUT2D eigenvalue weighted by molar-refractivity contribution is 7.89. The minimum Gasteiger partial charge on any atom is -0.495 e. The Bertz CT molecular complexity index is 810. The largest absolute Gasteiger partial charge is 0.495 e. The van der Waals surface area contributed by atoms with Crippen molar-refractivity contribution in [1.82, 2.24) is 4.72 Å². The summed E-state index contributed by atoms with van der Waals surface area (Å²) in [7, 11) is -2.35. The van der Waals surface area contributed by atoms with Crippen LogP contribution < -0.4 is 9.46 Å². The summed E-state index contributed by atoms with van der Waals surface area (Å²) in [6.07, 6.45) is 0.429.